The van der Waals surface area contributed by atoms with Crippen molar-refractivity contribution in [1.82, 2.24) is 15.2 Å². The second-order valence-corrected chi connectivity index (χ2v) is 7.50. The summed E-state index contributed by atoms with van der Waals surface area (Å²) in [6, 6.07) is 2.16. The standard InChI is InChI=1S/C15H19N3S2.ClH/c1-3-18(7-13-6-16-5-11(1)13)8-14-10-20-15(17-14)12-2-4-19-9-12;/h2,4,9-11,13,16H,1,3,5-8H2;1H. The lowest BCUT2D eigenvalue weighted by Gasteiger charge is -2.33. The first kappa shape index (κ1) is 15.4. The molecule has 0 bridgehead atoms. The molecule has 4 rings (SSSR count). The number of halogens is 1. The van der Waals surface area contributed by atoms with Gasteiger partial charge >= 0.3 is 0 Å². The van der Waals surface area contributed by atoms with Gasteiger partial charge in [-0.2, -0.15) is 11.3 Å². The van der Waals surface area contributed by atoms with Gasteiger partial charge in [-0.1, -0.05) is 0 Å². The summed E-state index contributed by atoms with van der Waals surface area (Å²) in [5.41, 5.74) is 2.51. The Morgan fingerprint density at radius 3 is 3.05 bits per heavy atom. The number of aromatic nitrogens is 1. The number of piperidine rings is 1. The predicted octanol–water partition coefficient (Wildman–Crippen LogP) is 3.33. The van der Waals surface area contributed by atoms with Crippen LogP contribution in [0.1, 0.15) is 12.1 Å². The molecule has 2 aliphatic heterocycles. The highest BCUT2D eigenvalue weighted by molar-refractivity contribution is 7.14. The zero-order valence-corrected chi connectivity index (χ0v) is 14.3. The van der Waals surface area contributed by atoms with Gasteiger partial charge in [0.25, 0.3) is 0 Å². The van der Waals surface area contributed by atoms with Crippen LogP contribution in [0, 0.1) is 11.8 Å². The average Bonchev–Trinajstić information content (AvgIpc) is 3.19. The summed E-state index contributed by atoms with van der Waals surface area (Å²) in [5, 5.41) is 11.2. The van der Waals surface area contributed by atoms with Crippen molar-refractivity contribution in [3.05, 3.63) is 27.9 Å². The number of fused-ring (bicyclic) bond motifs is 1. The van der Waals surface area contributed by atoms with E-state index in [-0.39, 0.29) is 12.4 Å². The average molecular weight is 342 g/mol. The molecule has 2 saturated heterocycles. The van der Waals surface area contributed by atoms with Crippen LogP contribution in [0.3, 0.4) is 0 Å². The van der Waals surface area contributed by atoms with Crippen LogP contribution in [-0.2, 0) is 6.54 Å². The predicted molar refractivity (Wildman–Crippen MR) is 92.4 cm³/mol. The SMILES string of the molecule is Cl.c1cc(-c2nc(CN3CCC4CNCC4C3)cs2)cs1. The number of rotatable bonds is 3. The quantitative estimate of drug-likeness (QED) is 0.928. The number of nitrogens with zero attached hydrogens (tertiary/aromatic N) is 2. The first-order valence-corrected chi connectivity index (χ1v) is 9.11. The van der Waals surface area contributed by atoms with Crippen LogP contribution in [0.2, 0.25) is 0 Å². The number of thiazole rings is 1. The Hall–Kier alpha value is -0.460. The van der Waals surface area contributed by atoms with E-state index in [0.717, 1.165) is 18.4 Å². The van der Waals surface area contributed by atoms with Crippen molar-refractivity contribution in [2.45, 2.75) is 13.0 Å². The summed E-state index contributed by atoms with van der Waals surface area (Å²) in [7, 11) is 0. The fourth-order valence-corrected chi connectivity index (χ4v) is 4.90. The van der Waals surface area contributed by atoms with Gasteiger partial charge in [-0.3, -0.25) is 4.90 Å². The minimum Gasteiger partial charge on any atom is -0.316 e. The molecule has 2 aromatic heterocycles. The molecule has 3 nitrogen and oxygen atoms in total. The molecule has 2 atom stereocenters. The molecule has 0 spiro atoms. The summed E-state index contributed by atoms with van der Waals surface area (Å²) >= 11 is 3.51. The van der Waals surface area contributed by atoms with Gasteiger partial charge < -0.3 is 5.32 Å². The normalized spacial score (nSPS) is 25.5. The van der Waals surface area contributed by atoms with E-state index in [1.165, 1.54) is 48.9 Å². The molecule has 0 saturated carbocycles. The molecule has 6 heteroatoms. The molecule has 2 fully saturated rings. The number of hydrogen-bond donors (Lipinski definition) is 1. The second-order valence-electron chi connectivity index (χ2n) is 5.86. The van der Waals surface area contributed by atoms with Crippen LogP contribution >= 0.6 is 35.1 Å². The van der Waals surface area contributed by atoms with Crippen LogP contribution in [0.15, 0.2) is 22.2 Å². The van der Waals surface area contributed by atoms with Gasteiger partial charge in [0.05, 0.1) is 5.69 Å². The molecule has 0 aromatic carbocycles. The third-order valence-electron chi connectivity index (χ3n) is 4.49. The maximum absolute atomic E-state index is 4.80. The smallest absolute Gasteiger partial charge is 0.124 e. The lowest BCUT2D eigenvalue weighted by atomic mass is 9.89. The first-order chi connectivity index (χ1) is 9.88. The Labute approximate surface area is 139 Å². The molecule has 0 amide bonds. The molecule has 2 aromatic rings. The summed E-state index contributed by atoms with van der Waals surface area (Å²) in [6.45, 7) is 5.93. The monoisotopic (exact) mass is 341 g/mol. The molecule has 0 radical (unpaired) electrons. The highest BCUT2D eigenvalue weighted by Gasteiger charge is 2.32. The van der Waals surface area contributed by atoms with Gasteiger partial charge in [0.1, 0.15) is 5.01 Å². The second kappa shape index (κ2) is 6.75. The zero-order chi connectivity index (χ0) is 13.4. The molecular weight excluding hydrogens is 322 g/mol. The summed E-state index contributed by atoms with van der Waals surface area (Å²) in [5.74, 6) is 1.78. The van der Waals surface area contributed by atoms with Crippen molar-refractivity contribution in [2.24, 2.45) is 11.8 Å². The van der Waals surface area contributed by atoms with Gasteiger partial charge in [-0.25, -0.2) is 4.98 Å². The maximum atomic E-state index is 4.80. The molecule has 2 unspecified atom stereocenters. The van der Waals surface area contributed by atoms with Gasteiger partial charge in [0.2, 0.25) is 0 Å². The maximum Gasteiger partial charge on any atom is 0.124 e. The number of hydrogen-bond acceptors (Lipinski definition) is 5. The van der Waals surface area contributed by atoms with E-state index in [1.807, 2.05) is 0 Å². The van der Waals surface area contributed by atoms with E-state index in [4.69, 9.17) is 4.98 Å². The summed E-state index contributed by atoms with van der Waals surface area (Å²) in [6.07, 6.45) is 1.35. The van der Waals surface area contributed by atoms with Gasteiger partial charge in [-0.05, 0) is 49.3 Å². The van der Waals surface area contributed by atoms with Crippen LogP contribution < -0.4 is 5.32 Å². The van der Waals surface area contributed by atoms with E-state index in [9.17, 15) is 0 Å². The molecule has 0 aliphatic carbocycles. The van der Waals surface area contributed by atoms with Crippen molar-refractivity contribution in [2.75, 3.05) is 26.2 Å². The lowest BCUT2D eigenvalue weighted by Crippen LogP contribution is -2.39. The highest BCUT2D eigenvalue weighted by Crippen LogP contribution is 2.29. The van der Waals surface area contributed by atoms with Crippen LogP contribution in [0.4, 0.5) is 0 Å². The van der Waals surface area contributed by atoms with Crippen molar-refractivity contribution < 1.29 is 0 Å². The largest absolute Gasteiger partial charge is 0.316 e. The fraction of sp³-hybridized carbons (Fsp3) is 0.533. The van der Waals surface area contributed by atoms with Crippen molar-refractivity contribution in [3.8, 4) is 10.6 Å². The molecular formula is C15H20ClN3S2. The third kappa shape index (κ3) is 3.32. The Morgan fingerprint density at radius 1 is 1.29 bits per heavy atom. The molecule has 2 aliphatic rings. The van der Waals surface area contributed by atoms with Crippen LogP contribution in [0.5, 0.6) is 0 Å². The van der Waals surface area contributed by atoms with Gasteiger partial charge in [-0.15, -0.1) is 23.7 Å². The Bertz CT molecular complexity index is 569. The van der Waals surface area contributed by atoms with Crippen molar-refractivity contribution in [1.29, 1.82) is 0 Å². The zero-order valence-electron chi connectivity index (χ0n) is 11.8. The number of likely N-dealkylation sites (tertiary alicyclic amines) is 1. The van der Waals surface area contributed by atoms with E-state index in [1.54, 1.807) is 22.7 Å². The van der Waals surface area contributed by atoms with Crippen LogP contribution in [0.25, 0.3) is 10.6 Å². The topological polar surface area (TPSA) is 28.2 Å². The number of thiophene rings is 1. The van der Waals surface area contributed by atoms with Gasteiger partial charge in [0, 0.05) is 29.4 Å². The minimum atomic E-state index is 0. The molecule has 114 valence electrons. The van der Waals surface area contributed by atoms with E-state index < -0.39 is 0 Å². The summed E-state index contributed by atoms with van der Waals surface area (Å²) < 4.78 is 0. The minimum absolute atomic E-state index is 0. The fourth-order valence-electron chi connectivity index (χ4n) is 3.38. The molecule has 21 heavy (non-hydrogen) atoms. The third-order valence-corrected chi connectivity index (χ3v) is 6.12. The van der Waals surface area contributed by atoms with E-state index >= 15 is 0 Å². The van der Waals surface area contributed by atoms with Crippen LogP contribution in [-0.4, -0.2) is 36.1 Å². The lowest BCUT2D eigenvalue weighted by molar-refractivity contribution is 0.141. The Balaban J connectivity index is 0.00000132. The highest BCUT2D eigenvalue weighted by atomic mass is 35.5. The number of nitrogens with one attached hydrogen (secondary N) is 1. The van der Waals surface area contributed by atoms with E-state index in [2.05, 4.69) is 32.4 Å². The summed E-state index contributed by atoms with van der Waals surface area (Å²) in [4.78, 5) is 7.38. The van der Waals surface area contributed by atoms with Crippen molar-refractivity contribution in [3.63, 3.8) is 0 Å². The Morgan fingerprint density at radius 2 is 2.19 bits per heavy atom. The van der Waals surface area contributed by atoms with Crippen molar-refractivity contribution >= 4 is 35.1 Å². The molecule has 4 heterocycles. The van der Waals surface area contributed by atoms with E-state index in [0.29, 0.717) is 0 Å². The molecule has 1 N–H and O–H groups in total. The van der Waals surface area contributed by atoms with Gasteiger partial charge in [0.15, 0.2) is 0 Å². The Kier molecular flexibility index (Phi) is 4.96. The first-order valence-electron chi connectivity index (χ1n) is 7.28.